The highest BCUT2D eigenvalue weighted by Crippen LogP contribution is 2.15. The molecule has 1 aromatic rings. The first-order valence-corrected chi connectivity index (χ1v) is 7.43. The van der Waals surface area contributed by atoms with E-state index in [4.69, 9.17) is 0 Å². The van der Waals surface area contributed by atoms with Crippen LogP contribution in [-0.4, -0.2) is 25.7 Å². The summed E-state index contributed by atoms with van der Waals surface area (Å²) in [5, 5.41) is 6.90. The van der Waals surface area contributed by atoms with E-state index in [1.807, 2.05) is 6.07 Å². The van der Waals surface area contributed by atoms with Gasteiger partial charge in [0.15, 0.2) is 0 Å². The van der Waals surface area contributed by atoms with Gasteiger partial charge >= 0.3 is 0 Å². The molecule has 0 amide bonds. The van der Waals surface area contributed by atoms with E-state index in [1.54, 1.807) is 6.07 Å². The van der Waals surface area contributed by atoms with Crippen molar-refractivity contribution in [2.75, 3.05) is 19.6 Å². The van der Waals surface area contributed by atoms with Gasteiger partial charge < -0.3 is 10.6 Å². The molecule has 0 aromatic heterocycles. The maximum Gasteiger partial charge on any atom is 0.126 e. The molecule has 100 valence electrons. The van der Waals surface area contributed by atoms with Crippen LogP contribution < -0.4 is 10.6 Å². The Kier molecular flexibility index (Phi) is 5.60. The van der Waals surface area contributed by atoms with Gasteiger partial charge in [-0.25, -0.2) is 4.39 Å². The minimum absolute atomic E-state index is 0.115. The Hall–Kier alpha value is -0.450. The second-order valence-electron chi connectivity index (χ2n) is 4.84. The first kappa shape index (κ1) is 14.0. The molecular weight excluding hydrogens is 295 g/mol. The third kappa shape index (κ3) is 4.34. The Bertz CT molecular complexity index is 378. The van der Waals surface area contributed by atoms with E-state index < -0.39 is 0 Å². The zero-order valence-corrected chi connectivity index (χ0v) is 12.1. The van der Waals surface area contributed by atoms with Gasteiger partial charge in [-0.3, -0.25) is 0 Å². The Morgan fingerprint density at radius 2 is 2.28 bits per heavy atom. The molecule has 1 aromatic carbocycles. The topological polar surface area (TPSA) is 24.1 Å². The SMILES string of the molecule is Fc1ccc(Br)cc1CCNCC1CCCCN1. The van der Waals surface area contributed by atoms with Crippen molar-refractivity contribution in [3.05, 3.63) is 34.1 Å². The van der Waals surface area contributed by atoms with Gasteiger partial charge in [0.2, 0.25) is 0 Å². The van der Waals surface area contributed by atoms with E-state index >= 15 is 0 Å². The summed E-state index contributed by atoms with van der Waals surface area (Å²) >= 11 is 3.37. The Balaban J connectivity index is 1.69. The molecule has 0 bridgehead atoms. The molecule has 1 heterocycles. The van der Waals surface area contributed by atoms with Gasteiger partial charge in [-0.05, 0) is 56.1 Å². The quantitative estimate of drug-likeness (QED) is 0.817. The van der Waals surface area contributed by atoms with E-state index in [0.29, 0.717) is 6.04 Å². The van der Waals surface area contributed by atoms with Gasteiger partial charge in [0.25, 0.3) is 0 Å². The summed E-state index contributed by atoms with van der Waals surface area (Å²) in [5.74, 6) is -0.115. The molecule has 2 N–H and O–H groups in total. The minimum Gasteiger partial charge on any atom is -0.315 e. The number of piperidine rings is 1. The van der Waals surface area contributed by atoms with Gasteiger partial charge in [-0.1, -0.05) is 22.4 Å². The van der Waals surface area contributed by atoms with Crippen LogP contribution in [0, 0.1) is 5.82 Å². The normalized spacial score (nSPS) is 20.0. The molecule has 2 nitrogen and oxygen atoms in total. The zero-order chi connectivity index (χ0) is 12.8. The summed E-state index contributed by atoms with van der Waals surface area (Å²) in [6.45, 7) is 2.94. The molecule has 1 atom stereocenters. The molecule has 2 rings (SSSR count). The van der Waals surface area contributed by atoms with E-state index in [0.717, 1.165) is 36.1 Å². The molecule has 0 saturated carbocycles. The lowest BCUT2D eigenvalue weighted by Gasteiger charge is -2.23. The highest BCUT2D eigenvalue weighted by molar-refractivity contribution is 9.10. The predicted molar refractivity (Wildman–Crippen MR) is 76.3 cm³/mol. The molecule has 1 saturated heterocycles. The molecule has 1 aliphatic rings. The number of benzene rings is 1. The summed E-state index contributed by atoms with van der Waals surface area (Å²) in [7, 11) is 0. The van der Waals surface area contributed by atoms with Crippen molar-refractivity contribution in [2.45, 2.75) is 31.7 Å². The smallest absolute Gasteiger partial charge is 0.126 e. The number of halogens is 2. The van der Waals surface area contributed by atoms with Crippen molar-refractivity contribution in [1.29, 1.82) is 0 Å². The van der Waals surface area contributed by atoms with Crippen LogP contribution >= 0.6 is 15.9 Å². The molecule has 1 unspecified atom stereocenters. The summed E-state index contributed by atoms with van der Waals surface area (Å²) in [5.41, 5.74) is 0.772. The van der Waals surface area contributed by atoms with Crippen LogP contribution in [0.4, 0.5) is 4.39 Å². The third-order valence-electron chi connectivity index (χ3n) is 3.38. The van der Waals surface area contributed by atoms with Gasteiger partial charge in [-0.15, -0.1) is 0 Å². The fourth-order valence-electron chi connectivity index (χ4n) is 2.33. The molecule has 1 aliphatic heterocycles. The van der Waals surface area contributed by atoms with Crippen LogP contribution in [0.1, 0.15) is 24.8 Å². The largest absolute Gasteiger partial charge is 0.315 e. The fourth-order valence-corrected chi connectivity index (χ4v) is 2.74. The average Bonchev–Trinajstić information content (AvgIpc) is 2.40. The van der Waals surface area contributed by atoms with Crippen LogP contribution in [0.25, 0.3) is 0 Å². The lowest BCUT2D eigenvalue weighted by molar-refractivity contribution is 0.384. The van der Waals surface area contributed by atoms with Crippen molar-refractivity contribution in [2.24, 2.45) is 0 Å². The summed E-state index contributed by atoms with van der Waals surface area (Å²) in [4.78, 5) is 0. The van der Waals surface area contributed by atoms with Gasteiger partial charge in [-0.2, -0.15) is 0 Å². The second kappa shape index (κ2) is 7.22. The van der Waals surface area contributed by atoms with Gasteiger partial charge in [0, 0.05) is 17.1 Å². The lowest BCUT2D eigenvalue weighted by atomic mass is 10.1. The van der Waals surface area contributed by atoms with Crippen LogP contribution in [-0.2, 0) is 6.42 Å². The molecule has 18 heavy (non-hydrogen) atoms. The number of rotatable bonds is 5. The van der Waals surface area contributed by atoms with Crippen LogP contribution in [0.2, 0.25) is 0 Å². The first-order valence-electron chi connectivity index (χ1n) is 6.64. The van der Waals surface area contributed by atoms with E-state index in [1.165, 1.54) is 25.3 Å². The summed E-state index contributed by atoms with van der Waals surface area (Å²) < 4.78 is 14.4. The van der Waals surface area contributed by atoms with Gasteiger partial charge in [0.05, 0.1) is 0 Å². The van der Waals surface area contributed by atoms with Crippen molar-refractivity contribution < 1.29 is 4.39 Å². The Morgan fingerprint density at radius 1 is 1.39 bits per heavy atom. The van der Waals surface area contributed by atoms with Crippen molar-refractivity contribution in [3.8, 4) is 0 Å². The molecule has 0 spiro atoms. The van der Waals surface area contributed by atoms with Crippen LogP contribution in [0.15, 0.2) is 22.7 Å². The van der Waals surface area contributed by atoms with Crippen molar-refractivity contribution in [3.63, 3.8) is 0 Å². The molecule has 0 radical (unpaired) electrons. The summed E-state index contributed by atoms with van der Waals surface area (Å²) in [6, 6.07) is 5.70. The molecule has 1 fully saturated rings. The maximum atomic E-state index is 13.5. The summed E-state index contributed by atoms with van der Waals surface area (Å²) in [6.07, 6.45) is 4.59. The Morgan fingerprint density at radius 3 is 3.06 bits per heavy atom. The van der Waals surface area contributed by atoms with Gasteiger partial charge in [0.1, 0.15) is 5.82 Å². The van der Waals surface area contributed by atoms with Crippen molar-refractivity contribution in [1.82, 2.24) is 10.6 Å². The molecule has 4 heteroatoms. The number of hydrogen-bond donors (Lipinski definition) is 2. The van der Waals surface area contributed by atoms with E-state index in [9.17, 15) is 4.39 Å². The third-order valence-corrected chi connectivity index (χ3v) is 3.88. The zero-order valence-electron chi connectivity index (χ0n) is 10.5. The van der Waals surface area contributed by atoms with E-state index in [-0.39, 0.29) is 5.82 Å². The fraction of sp³-hybridized carbons (Fsp3) is 0.571. The average molecular weight is 315 g/mol. The van der Waals surface area contributed by atoms with Crippen LogP contribution in [0.5, 0.6) is 0 Å². The van der Waals surface area contributed by atoms with Crippen LogP contribution in [0.3, 0.4) is 0 Å². The standard InChI is InChI=1S/C14H20BrFN2/c15-12-4-5-14(16)11(9-12)6-8-17-10-13-3-1-2-7-18-13/h4-5,9,13,17-18H,1-3,6-8,10H2. The highest BCUT2D eigenvalue weighted by atomic mass is 79.9. The maximum absolute atomic E-state index is 13.5. The predicted octanol–water partition coefficient (Wildman–Crippen LogP) is 2.86. The monoisotopic (exact) mass is 314 g/mol. The highest BCUT2D eigenvalue weighted by Gasteiger charge is 2.11. The molecule has 0 aliphatic carbocycles. The molecular formula is C14H20BrFN2. The number of hydrogen-bond acceptors (Lipinski definition) is 2. The van der Waals surface area contributed by atoms with E-state index in [2.05, 4.69) is 26.6 Å². The van der Waals surface area contributed by atoms with Crippen molar-refractivity contribution >= 4 is 15.9 Å². The first-order chi connectivity index (χ1) is 8.75. The number of nitrogens with one attached hydrogen (secondary N) is 2. The second-order valence-corrected chi connectivity index (χ2v) is 5.75. The minimum atomic E-state index is -0.115. The Labute approximate surface area is 116 Å². The lowest BCUT2D eigenvalue weighted by Crippen LogP contribution is -2.42.